The Morgan fingerprint density at radius 3 is 2.62 bits per heavy atom. The first kappa shape index (κ1) is 11.9. The molecule has 2 fully saturated rings. The molecule has 2 saturated heterocycles. The molecule has 1 spiro atoms. The number of nitrogens with zero attached hydrogens (tertiary/aromatic N) is 1. The van der Waals surface area contributed by atoms with Gasteiger partial charge in [-0.25, -0.2) is 5.32 Å². The summed E-state index contributed by atoms with van der Waals surface area (Å²) in [6.07, 6.45) is 1.02. The minimum absolute atomic E-state index is 0.0401. The summed E-state index contributed by atoms with van der Waals surface area (Å²) in [5.41, 5.74) is -0.267. The van der Waals surface area contributed by atoms with E-state index in [1.807, 2.05) is 20.8 Å². The number of esters is 1. The number of rotatable bonds is 1. The van der Waals surface area contributed by atoms with Crippen LogP contribution in [0.15, 0.2) is 0 Å². The molecule has 4 nitrogen and oxygen atoms in total. The van der Waals surface area contributed by atoms with Crippen LogP contribution in [0.2, 0.25) is 0 Å². The molecule has 0 aromatic heterocycles. The molecule has 2 aliphatic rings. The monoisotopic (exact) mass is 225 g/mol. The van der Waals surface area contributed by atoms with Crippen LogP contribution in [0.1, 0.15) is 27.2 Å². The van der Waals surface area contributed by atoms with Crippen LogP contribution in [-0.2, 0) is 9.53 Å². The second kappa shape index (κ2) is 4.00. The van der Waals surface area contributed by atoms with E-state index in [1.54, 1.807) is 0 Å². The van der Waals surface area contributed by atoms with Crippen LogP contribution in [0.3, 0.4) is 0 Å². The van der Waals surface area contributed by atoms with Gasteiger partial charge in [0.05, 0.1) is 5.92 Å². The van der Waals surface area contributed by atoms with Gasteiger partial charge in [-0.3, -0.25) is 4.79 Å². The zero-order chi connectivity index (χ0) is 11.8. The van der Waals surface area contributed by atoms with E-state index in [1.165, 1.54) is 0 Å². The lowest BCUT2D eigenvalue weighted by molar-refractivity contribution is -0.168. The molecule has 2 rings (SSSR count). The van der Waals surface area contributed by atoms with Gasteiger partial charge in [0.25, 0.3) is 0 Å². The number of hydrogen-bond acceptors (Lipinski definition) is 3. The van der Waals surface area contributed by atoms with Crippen LogP contribution in [0.5, 0.6) is 0 Å². The lowest BCUT2D eigenvalue weighted by atomic mass is 9.66. The molecule has 0 saturated carbocycles. The topological polar surface area (TPSA) is 52.4 Å². The van der Waals surface area contributed by atoms with E-state index >= 15 is 0 Å². The fourth-order valence-electron chi connectivity index (χ4n) is 2.46. The van der Waals surface area contributed by atoms with Gasteiger partial charge in [-0.1, -0.05) is 0 Å². The summed E-state index contributed by atoms with van der Waals surface area (Å²) in [5.74, 6) is -0.112. The third-order valence-electron chi connectivity index (χ3n) is 3.46. The van der Waals surface area contributed by atoms with Crippen molar-refractivity contribution in [2.45, 2.75) is 32.8 Å². The molecule has 91 valence electrons. The van der Waals surface area contributed by atoms with Crippen molar-refractivity contribution in [1.29, 1.82) is 0 Å². The highest BCUT2D eigenvalue weighted by Gasteiger charge is 2.50. The van der Waals surface area contributed by atoms with Gasteiger partial charge < -0.3 is 10.1 Å². The molecule has 2 aliphatic heterocycles. The second-order valence-electron chi connectivity index (χ2n) is 5.93. The number of carbonyl (C=O) groups is 1. The zero-order valence-corrected chi connectivity index (χ0v) is 10.4. The molecule has 1 radical (unpaired) electrons. The first-order chi connectivity index (χ1) is 7.43. The maximum absolute atomic E-state index is 12.1. The number of hydrogen-bond donors (Lipinski definition) is 1. The van der Waals surface area contributed by atoms with Crippen molar-refractivity contribution in [2.24, 2.45) is 11.3 Å². The highest BCUT2D eigenvalue weighted by Crippen LogP contribution is 2.39. The fraction of sp³-hybridized carbons (Fsp3) is 0.917. The summed E-state index contributed by atoms with van der Waals surface area (Å²) in [5, 5.41) is 7.63. The van der Waals surface area contributed by atoms with Crippen LogP contribution in [0.25, 0.3) is 0 Å². The molecule has 0 amide bonds. The lowest BCUT2D eigenvalue weighted by Gasteiger charge is -2.49. The molecule has 1 N–H and O–H groups in total. The van der Waals surface area contributed by atoms with E-state index in [9.17, 15) is 4.79 Å². The molecule has 0 bridgehead atoms. The summed E-state index contributed by atoms with van der Waals surface area (Å²) in [4.78, 5) is 12.1. The molecule has 1 unspecified atom stereocenters. The van der Waals surface area contributed by atoms with Gasteiger partial charge in [-0.2, -0.15) is 0 Å². The Labute approximate surface area is 97.1 Å². The largest absolute Gasteiger partial charge is 0.460 e. The summed E-state index contributed by atoms with van der Waals surface area (Å²) in [6.45, 7) is 9.14. The Hall–Kier alpha value is -0.610. The average Bonchev–Trinajstić information content (AvgIpc) is 2.12. The predicted octanol–water partition coefficient (Wildman–Crippen LogP) is 0.542. The second-order valence-corrected chi connectivity index (χ2v) is 5.93. The molecule has 16 heavy (non-hydrogen) atoms. The van der Waals surface area contributed by atoms with Crippen LogP contribution in [0, 0.1) is 11.3 Å². The van der Waals surface area contributed by atoms with Crippen LogP contribution >= 0.6 is 0 Å². The van der Waals surface area contributed by atoms with Gasteiger partial charge in [-0.15, -0.1) is 0 Å². The number of ether oxygens (including phenoxy) is 1. The minimum Gasteiger partial charge on any atom is -0.460 e. The van der Waals surface area contributed by atoms with Crippen molar-refractivity contribution in [3.63, 3.8) is 0 Å². The average molecular weight is 225 g/mol. The molecule has 1 atom stereocenters. The van der Waals surface area contributed by atoms with Crippen molar-refractivity contribution in [2.75, 3.05) is 26.2 Å². The van der Waals surface area contributed by atoms with Gasteiger partial charge in [0.1, 0.15) is 5.60 Å². The Morgan fingerprint density at radius 1 is 1.44 bits per heavy atom. The summed E-state index contributed by atoms with van der Waals surface area (Å²) < 4.78 is 5.48. The summed E-state index contributed by atoms with van der Waals surface area (Å²) in [7, 11) is 0. The molecular weight excluding hydrogens is 204 g/mol. The Bertz CT molecular complexity index is 279. The van der Waals surface area contributed by atoms with E-state index in [4.69, 9.17) is 4.74 Å². The molecule has 0 aromatic rings. The van der Waals surface area contributed by atoms with Crippen LogP contribution in [-0.4, -0.2) is 37.7 Å². The molecular formula is C12H21N2O2. The fourth-order valence-corrected chi connectivity index (χ4v) is 2.46. The van der Waals surface area contributed by atoms with Crippen LogP contribution in [0.4, 0.5) is 0 Å². The van der Waals surface area contributed by atoms with Crippen molar-refractivity contribution in [1.82, 2.24) is 10.6 Å². The van der Waals surface area contributed by atoms with Crippen LogP contribution < -0.4 is 10.6 Å². The predicted molar refractivity (Wildman–Crippen MR) is 61.1 cm³/mol. The Morgan fingerprint density at radius 2 is 2.12 bits per heavy atom. The summed E-state index contributed by atoms with van der Waals surface area (Å²) >= 11 is 0. The molecule has 2 heterocycles. The van der Waals surface area contributed by atoms with Gasteiger partial charge in [-0.05, 0) is 27.2 Å². The van der Waals surface area contributed by atoms with Gasteiger partial charge in [0, 0.05) is 31.6 Å². The van der Waals surface area contributed by atoms with Gasteiger partial charge >= 0.3 is 5.97 Å². The highest BCUT2D eigenvalue weighted by molar-refractivity contribution is 5.74. The third kappa shape index (κ3) is 2.23. The quantitative estimate of drug-likeness (QED) is 0.663. The maximum Gasteiger partial charge on any atom is 0.311 e. The Kier molecular flexibility index (Phi) is 2.97. The number of carbonyl (C=O) groups excluding carboxylic acids is 1. The van der Waals surface area contributed by atoms with Crippen molar-refractivity contribution >= 4 is 5.97 Å². The zero-order valence-electron chi connectivity index (χ0n) is 10.4. The van der Waals surface area contributed by atoms with Crippen molar-refractivity contribution < 1.29 is 9.53 Å². The van der Waals surface area contributed by atoms with E-state index in [0.29, 0.717) is 6.54 Å². The molecule has 4 heteroatoms. The third-order valence-corrected chi connectivity index (χ3v) is 3.46. The van der Waals surface area contributed by atoms with Gasteiger partial charge in [0.2, 0.25) is 0 Å². The Balaban J connectivity index is 2.03. The summed E-state index contributed by atoms with van der Waals surface area (Å²) in [6, 6.07) is 0. The minimum atomic E-state index is -0.396. The smallest absolute Gasteiger partial charge is 0.311 e. The van der Waals surface area contributed by atoms with E-state index in [-0.39, 0.29) is 17.3 Å². The number of nitrogens with one attached hydrogen (secondary N) is 1. The molecule has 0 aromatic carbocycles. The van der Waals surface area contributed by atoms with E-state index in [2.05, 4.69) is 10.6 Å². The SMILES string of the molecule is CC(C)(C)OC(=O)C1C[N]CCC12CNC2. The first-order valence-corrected chi connectivity index (χ1v) is 6.00. The molecule has 0 aliphatic carbocycles. The highest BCUT2D eigenvalue weighted by atomic mass is 16.6. The van der Waals surface area contributed by atoms with Crippen molar-refractivity contribution in [3.05, 3.63) is 0 Å². The lowest BCUT2D eigenvalue weighted by Crippen LogP contribution is -2.64. The van der Waals surface area contributed by atoms with Gasteiger partial charge in [0.15, 0.2) is 0 Å². The standard InChI is InChI=1S/C12H21N2O2/c1-11(2,3)16-10(15)9-6-13-5-4-12(9)7-14-8-12/h9,14H,4-8H2,1-3H3. The normalized spacial score (nSPS) is 28.6. The first-order valence-electron chi connectivity index (χ1n) is 6.00. The maximum atomic E-state index is 12.1. The van der Waals surface area contributed by atoms with Crippen molar-refractivity contribution in [3.8, 4) is 0 Å². The van der Waals surface area contributed by atoms with E-state index < -0.39 is 5.60 Å². The van der Waals surface area contributed by atoms with E-state index in [0.717, 1.165) is 26.1 Å². The number of piperidine rings is 1.